The molecule has 1 aromatic heterocycles. The van der Waals surface area contributed by atoms with E-state index in [1.165, 1.54) is 18.4 Å². The molecule has 0 bridgehead atoms. The van der Waals surface area contributed by atoms with E-state index in [0.29, 0.717) is 19.0 Å². The summed E-state index contributed by atoms with van der Waals surface area (Å²) >= 11 is 0. The van der Waals surface area contributed by atoms with Gasteiger partial charge in [-0.2, -0.15) is 0 Å². The van der Waals surface area contributed by atoms with Crippen LogP contribution in [0.3, 0.4) is 0 Å². The summed E-state index contributed by atoms with van der Waals surface area (Å²) in [6.07, 6.45) is 3.08. The Balaban J connectivity index is 2.00. The highest BCUT2D eigenvalue weighted by atomic mass is 19.1. The van der Waals surface area contributed by atoms with Crippen molar-refractivity contribution in [3.63, 3.8) is 0 Å². The molecule has 0 aliphatic heterocycles. The average Bonchev–Trinajstić information content (AvgIpc) is 3.10. The fourth-order valence-electron chi connectivity index (χ4n) is 2.43. The second kappa shape index (κ2) is 9.70. The third-order valence-electron chi connectivity index (χ3n) is 3.76. The molecule has 1 N–H and O–H groups in total. The number of benzene rings is 1. The molecule has 0 fully saturated rings. The van der Waals surface area contributed by atoms with Gasteiger partial charge in [-0.1, -0.05) is 26.0 Å². The van der Waals surface area contributed by atoms with Crippen LogP contribution in [0, 0.1) is 5.82 Å². The third kappa shape index (κ3) is 5.68. The van der Waals surface area contributed by atoms with Gasteiger partial charge in [0, 0.05) is 13.1 Å². The van der Waals surface area contributed by atoms with Crippen LogP contribution in [-0.2, 0) is 17.8 Å². The first-order valence-electron chi connectivity index (χ1n) is 8.78. The van der Waals surface area contributed by atoms with Crippen molar-refractivity contribution in [2.75, 3.05) is 13.1 Å². The summed E-state index contributed by atoms with van der Waals surface area (Å²) in [7, 11) is 0. The summed E-state index contributed by atoms with van der Waals surface area (Å²) in [6, 6.07) is 5.86. The topological polar surface area (TPSA) is 75.4 Å². The maximum atomic E-state index is 13.0. The van der Waals surface area contributed by atoms with E-state index in [4.69, 9.17) is 4.42 Å². The Morgan fingerprint density at radius 3 is 2.58 bits per heavy atom. The zero-order valence-electron chi connectivity index (χ0n) is 15.1. The summed E-state index contributed by atoms with van der Waals surface area (Å²) in [6.45, 7) is 5.23. The molecule has 0 saturated carbocycles. The minimum Gasteiger partial charge on any atom is -0.446 e. The number of nitrogens with zero attached hydrogens (tertiary/aromatic N) is 2. The monoisotopic (exact) mass is 361 g/mol. The largest absolute Gasteiger partial charge is 0.446 e. The molecule has 0 aliphatic rings. The van der Waals surface area contributed by atoms with E-state index in [-0.39, 0.29) is 36.3 Å². The maximum Gasteiger partial charge on any atom is 0.273 e. The van der Waals surface area contributed by atoms with Gasteiger partial charge in [0.25, 0.3) is 5.91 Å². The number of amides is 2. The standard InChI is InChI=1S/C19H24FN3O3/c1-3-9-21-19(25)16-13-26-17(22-16)12-23(10-4-2)18(24)11-14-5-7-15(20)8-6-14/h5-8,13H,3-4,9-12H2,1-2H3,(H,21,25). The lowest BCUT2D eigenvalue weighted by Gasteiger charge is -2.20. The Morgan fingerprint density at radius 1 is 1.19 bits per heavy atom. The summed E-state index contributed by atoms with van der Waals surface area (Å²) in [4.78, 5) is 30.2. The summed E-state index contributed by atoms with van der Waals surface area (Å²) in [5.41, 5.74) is 0.945. The molecule has 0 radical (unpaired) electrons. The van der Waals surface area contributed by atoms with Gasteiger partial charge in [0.15, 0.2) is 5.69 Å². The minimum atomic E-state index is -0.333. The van der Waals surface area contributed by atoms with Gasteiger partial charge in [0.2, 0.25) is 11.8 Å². The molecule has 1 heterocycles. The Morgan fingerprint density at radius 2 is 1.92 bits per heavy atom. The molecule has 26 heavy (non-hydrogen) atoms. The molecule has 6 nitrogen and oxygen atoms in total. The van der Waals surface area contributed by atoms with Gasteiger partial charge in [0.1, 0.15) is 12.1 Å². The first kappa shape index (κ1) is 19.6. The highest BCUT2D eigenvalue weighted by Gasteiger charge is 2.18. The normalized spacial score (nSPS) is 10.6. The van der Waals surface area contributed by atoms with Crippen LogP contribution < -0.4 is 5.32 Å². The van der Waals surface area contributed by atoms with E-state index >= 15 is 0 Å². The molecule has 2 rings (SSSR count). The van der Waals surface area contributed by atoms with Gasteiger partial charge < -0.3 is 14.6 Å². The van der Waals surface area contributed by atoms with Crippen molar-refractivity contribution in [1.82, 2.24) is 15.2 Å². The number of hydrogen-bond acceptors (Lipinski definition) is 4. The molecule has 0 unspecified atom stereocenters. The van der Waals surface area contributed by atoms with Crippen molar-refractivity contribution < 1.29 is 18.4 Å². The van der Waals surface area contributed by atoms with Crippen LogP contribution >= 0.6 is 0 Å². The number of halogens is 1. The van der Waals surface area contributed by atoms with Crippen LogP contribution in [0.1, 0.15) is 48.6 Å². The van der Waals surface area contributed by atoms with E-state index in [9.17, 15) is 14.0 Å². The van der Waals surface area contributed by atoms with Crippen molar-refractivity contribution in [2.24, 2.45) is 0 Å². The van der Waals surface area contributed by atoms with Crippen molar-refractivity contribution in [2.45, 2.75) is 39.7 Å². The number of oxazole rings is 1. The van der Waals surface area contributed by atoms with Gasteiger partial charge in [-0.15, -0.1) is 0 Å². The number of aromatic nitrogens is 1. The van der Waals surface area contributed by atoms with E-state index in [1.807, 2.05) is 13.8 Å². The van der Waals surface area contributed by atoms with E-state index in [2.05, 4.69) is 10.3 Å². The van der Waals surface area contributed by atoms with Crippen molar-refractivity contribution in [3.05, 3.63) is 53.5 Å². The predicted molar refractivity (Wildman–Crippen MR) is 94.9 cm³/mol. The number of carbonyl (C=O) groups excluding carboxylic acids is 2. The summed E-state index contributed by atoms with van der Waals surface area (Å²) < 4.78 is 18.3. The van der Waals surface area contributed by atoms with Gasteiger partial charge in [0.05, 0.1) is 13.0 Å². The Bertz CT molecular complexity index is 728. The molecule has 2 aromatic rings. The average molecular weight is 361 g/mol. The fraction of sp³-hybridized carbons (Fsp3) is 0.421. The molecule has 140 valence electrons. The Labute approximate surface area is 152 Å². The maximum absolute atomic E-state index is 13.0. The van der Waals surface area contributed by atoms with Crippen molar-refractivity contribution >= 4 is 11.8 Å². The molecular weight excluding hydrogens is 337 g/mol. The second-order valence-corrected chi connectivity index (χ2v) is 6.00. The van der Waals surface area contributed by atoms with Crippen LogP contribution in [0.15, 0.2) is 34.9 Å². The second-order valence-electron chi connectivity index (χ2n) is 6.00. The van der Waals surface area contributed by atoms with E-state index in [0.717, 1.165) is 18.4 Å². The Kier molecular flexibility index (Phi) is 7.32. The lowest BCUT2D eigenvalue weighted by atomic mass is 10.1. The SMILES string of the molecule is CCCNC(=O)c1coc(CN(CCC)C(=O)Cc2ccc(F)cc2)n1. The number of nitrogens with one attached hydrogen (secondary N) is 1. The highest BCUT2D eigenvalue weighted by Crippen LogP contribution is 2.10. The smallest absolute Gasteiger partial charge is 0.273 e. The number of hydrogen-bond donors (Lipinski definition) is 1. The quantitative estimate of drug-likeness (QED) is 0.745. The van der Waals surface area contributed by atoms with Gasteiger partial charge in [-0.05, 0) is 30.5 Å². The third-order valence-corrected chi connectivity index (χ3v) is 3.76. The molecule has 1 aromatic carbocycles. The van der Waals surface area contributed by atoms with Crippen LogP contribution in [-0.4, -0.2) is 34.8 Å². The predicted octanol–water partition coefficient (Wildman–Crippen LogP) is 2.93. The van der Waals surface area contributed by atoms with Gasteiger partial charge in [-0.25, -0.2) is 9.37 Å². The lowest BCUT2D eigenvalue weighted by molar-refractivity contribution is -0.131. The summed E-state index contributed by atoms with van der Waals surface area (Å²) in [5, 5.41) is 2.73. The first-order chi connectivity index (χ1) is 12.5. The molecule has 0 spiro atoms. The molecular formula is C19H24FN3O3. The molecule has 0 aliphatic carbocycles. The van der Waals surface area contributed by atoms with Gasteiger partial charge in [-0.3, -0.25) is 9.59 Å². The minimum absolute atomic E-state index is 0.103. The molecule has 0 saturated heterocycles. The van der Waals surface area contributed by atoms with E-state index in [1.54, 1.807) is 17.0 Å². The van der Waals surface area contributed by atoms with E-state index < -0.39 is 0 Å². The van der Waals surface area contributed by atoms with Crippen molar-refractivity contribution in [1.29, 1.82) is 0 Å². The van der Waals surface area contributed by atoms with Crippen molar-refractivity contribution in [3.8, 4) is 0 Å². The molecule has 2 amide bonds. The first-order valence-corrected chi connectivity index (χ1v) is 8.78. The van der Waals surface area contributed by atoms with Crippen LogP contribution in [0.2, 0.25) is 0 Å². The number of rotatable bonds is 9. The van der Waals surface area contributed by atoms with Crippen LogP contribution in [0.25, 0.3) is 0 Å². The highest BCUT2D eigenvalue weighted by molar-refractivity contribution is 5.91. The molecule has 7 heteroatoms. The molecule has 0 atom stereocenters. The zero-order chi connectivity index (χ0) is 18.9. The fourth-order valence-corrected chi connectivity index (χ4v) is 2.43. The number of carbonyl (C=O) groups is 2. The zero-order valence-corrected chi connectivity index (χ0v) is 15.1. The van der Waals surface area contributed by atoms with Crippen LogP contribution in [0.5, 0.6) is 0 Å². The summed E-state index contributed by atoms with van der Waals surface area (Å²) in [5.74, 6) is -0.414. The lowest BCUT2D eigenvalue weighted by Crippen LogP contribution is -2.32. The Hall–Kier alpha value is -2.70. The van der Waals surface area contributed by atoms with Crippen LogP contribution in [0.4, 0.5) is 4.39 Å². The van der Waals surface area contributed by atoms with Gasteiger partial charge >= 0.3 is 0 Å².